The fourth-order valence-corrected chi connectivity index (χ4v) is 3.95. The van der Waals surface area contributed by atoms with Gasteiger partial charge in [-0.15, -0.1) is 11.6 Å². The molecule has 1 fully saturated rings. The van der Waals surface area contributed by atoms with Crippen LogP contribution in [-0.2, 0) is 10.0 Å². The maximum Gasteiger partial charge on any atom is 0.212 e. The van der Waals surface area contributed by atoms with Gasteiger partial charge in [-0.05, 0) is 19.3 Å². The van der Waals surface area contributed by atoms with Gasteiger partial charge in [0.05, 0.1) is 5.75 Å². The average Bonchev–Trinajstić information content (AvgIpc) is 2.53. The van der Waals surface area contributed by atoms with E-state index in [1.807, 2.05) is 6.92 Å². The van der Waals surface area contributed by atoms with Crippen LogP contribution in [0.5, 0.6) is 0 Å². The van der Waals surface area contributed by atoms with Crippen molar-refractivity contribution in [3.63, 3.8) is 0 Å². The Morgan fingerprint density at radius 1 is 1.36 bits per heavy atom. The fraction of sp³-hybridized carbons (Fsp3) is 1.00. The first-order valence-corrected chi connectivity index (χ1v) is 7.30. The Balaban J connectivity index is 2.64. The summed E-state index contributed by atoms with van der Waals surface area (Å²) in [6.07, 6.45) is 4.54. The number of sulfonamides is 1. The van der Waals surface area contributed by atoms with E-state index in [0.717, 1.165) is 25.7 Å². The molecule has 84 valence electrons. The molecule has 0 bridgehead atoms. The third-order valence-electron chi connectivity index (χ3n) is 2.66. The van der Waals surface area contributed by atoms with Crippen LogP contribution in [0.1, 0.15) is 39.0 Å². The summed E-state index contributed by atoms with van der Waals surface area (Å²) in [5, 5.41) is 0. The van der Waals surface area contributed by atoms with Gasteiger partial charge in [0.25, 0.3) is 0 Å². The molecule has 0 atom stereocenters. The molecular weight excluding hydrogens is 222 g/mol. The van der Waals surface area contributed by atoms with Crippen molar-refractivity contribution in [1.82, 2.24) is 4.72 Å². The molecule has 0 saturated heterocycles. The van der Waals surface area contributed by atoms with E-state index in [2.05, 4.69) is 4.72 Å². The minimum atomic E-state index is -3.12. The van der Waals surface area contributed by atoms with Crippen LogP contribution >= 0.6 is 11.6 Å². The molecule has 0 heterocycles. The molecule has 0 unspecified atom stereocenters. The summed E-state index contributed by atoms with van der Waals surface area (Å²) >= 11 is 5.84. The second-order valence-corrected chi connectivity index (χ2v) is 6.15. The van der Waals surface area contributed by atoms with Crippen molar-refractivity contribution in [3.05, 3.63) is 0 Å². The summed E-state index contributed by atoms with van der Waals surface area (Å²) in [5.41, 5.74) is -0.352. The highest BCUT2D eigenvalue weighted by molar-refractivity contribution is 7.89. The predicted octanol–water partition coefficient (Wildman–Crippen LogP) is 1.87. The Hall–Kier alpha value is 0.200. The van der Waals surface area contributed by atoms with Crippen molar-refractivity contribution >= 4 is 21.6 Å². The van der Waals surface area contributed by atoms with E-state index in [4.69, 9.17) is 11.6 Å². The molecule has 1 rings (SSSR count). The largest absolute Gasteiger partial charge is 0.212 e. The number of hydrogen-bond acceptors (Lipinski definition) is 2. The SMILES string of the molecule is CCCS(=O)(=O)NC1(CCl)CCCC1. The van der Waals surface area contributed by atoms with E-state index >= 15 is 0 Å². The maximum absolute atomic E-state index is 11.6. The molecule has 1 saturated carbocycles. The van der Waals surface area contributed by atoms with Gasteiger partial charge in [-0.1, -0.05) is 19.8 Å². The Labute approximate surface area is 91.3 Å². The number of alkyl halides is 1. The van der Waals surface area contributed by atoms with Crippen LogP contribution in [0.3, 0.4) is 0 Å². The first-order chi connectivity index (χ1) is 6.54. The summed E-state index contributed by atoms with van der Waals surface area (Å²) in [7, 11) is -3.12. The minimum Gasteiger partial charge on any atom is -0.212 e. The van der Waals surface area contributed by atoms with Crippen molar-refractivity contribution < 1.29 is 8.42 Å². The Bertz CT molecular complexity index is 271. The van der Waals surface area contributed by atoms with Gasteiger partial charge >= 0.3 is 0 Å². The van der Waals surface area contributed by atoms with E-state index in [9.17, 15) is 8.42 Å². The summed E-state index contributed by atoms with van der Waals surface area (Å²) in [4.78, 5) is 0. The van der Waals surface area contributed by atoms with E-state index < -0.39 is 10.0 Å². The average molecular weight is 240 g/mol. The van der Waals surface area contributed by atoms with Crippen LogP contribution in [0, 0.1) is 0 Å². The molecule has 0 aromatic carbocycles. The molecule has 1 N–H and O–H groups in total. The smallest absolute Gasteiger partial charge is 0.212 e. The topological polar surface area (TPSA) is 46.2 Å². The fourth-order valence-electron chi connectivity index (χ4n) is 1.96. The standard InChI is InChI=1S/C9H18ClNO2S/c1-2-7-14(12,13)11-9(8-10)5-3-4-6-9/h11H,2-8H2,1H3. The van der Waals surface area contributed by atoms with Gasteiger partial charge < -0.3 is 0 Å². The Morgan fingerprint density at radius 2 is 1.93 bits per heavy atom. The molecule has 0 aliphatic heterocycles. The van der Waals surface area contributed by atoms with Gasteiger partial charge in [-0.25, -0.2) is 13.1 Å². The van der Waals surface area contributed by atoms with Crippen LogP contribution in [0.4, 0.5) is 0 Å². The van der Waals surface area contributed by atoms with E-state index in [1.165, 1.54) is 0 Å². The second kappa shape index (κ2) is 4.81. The third-order valence-corrected chi connectivity index (χ3v) is 4.86. The highest BCUT2D eigenvalue weighted by Crippen LogP contribution is 2.31. The van der Waals surface area contributed by atoms with E-state index in [1.54, 1.807) is 0 Å². The molecular formula is C9H18ClNO2S. The molecule has 0 radical (unpaired) electrons. The van der Waals surface area contributed by atoms with Gasteiger partial charge in [0, 0.05) is 11.4 Å². The maximum atomic E-state index is 11.6. The third kappa shape index (κ3) is 3.11. The van der Waals surface area contributed by atoms with Crippen LogP contribution in [0.2, 0.25) is 0 Å². The first kappa shape index (κ1) is 12.3. The van der Waals surface area contributed by atoms with Crippen LogP contribution in [-0.4, -0.2) is 25.6 Å². The molecule has 3 nitrogen and oxygen atoms in total. The molecule has 0 aromatic heterocycles. The predicted molar refractivity (Wildman–Crippen MR) is 59.1 cm³/mol. The molecule has 0 spiro atoms. The van der Waals surface area contributed by atoms with Gasteiger partial charge in [-0.3, -0.25) is 0 Å². The highest BCUT2D eigenvalue weighted by atomic mass is 35.5. The lowest BCUT2D eigenvalue weighted by Crippen LogP contribution is -2.48. The van der Waals surface area contributed by atoms with Crippen molar-refractivity contribution in [3.8, 4) is 0 Å². The van der Waals surface area contributed by atoms with Gasteiger partial charge in [0.2, 0.25) is 10.0 Å². The zero-order valence-electron chi connectivity index (χ0n) is 8.55. The zero-order valence-corrected chi connectivity index (χ0v) is 10.1. The quantitative estimate of drug-likeness (QED) is 0.745. The molecule has 0 amide bonds. The van der Waals surface area contributed by atoms with E-state index in [-0.39, 0.29) is 11.3 Å². The summed E-state index contributed by atoms with van der Waals surface area (Å²) in [6.45, 7) is 1.86. The molecule has 1 aliphatic rings. The van der Waals surface area contributed by atoms with Crippen molar-refractivity contribution in [2.45, 2.75) is 44.6 Å². The second-order valence-electron chi connectivity index (χ2n) is 4.04. The first-order valence-electron chi connectivity index (χ1n) is 5.11. The lowest BCUT2D eigenvalue weighted by atomic mass is 10.0. The Kier molecular flexibility index (Phi) is 4.22. The zero-order chi connectivity index (χ0) is 10.7. The van der Waals surface area contributed by atoms with Crippen molar-refractivity contribution in [1.29, 1.82) is 0 Å². The normalized spacial score (nSPS) is 21.3. The molecule has 0 aromatic rings. The molecule has 5 heteroatoms. The number of nitrogens with one attached hydrogen (secondary N) is 1. The van der Waals surface area contributed by atoms with Crippen LogP contribution < -0.4 is 4.72 Å². The minimum absolute atomic E-state index is 0.200. The lowest BCUT2D eigenvalue weighted by Gasteiger charge is -2.27. The summed E-state index contributed by atoms with van der Waals surface area (Å²) in [5.74, 6) is 0.585. The molecule has 1 aliphatic carbocycles. The van der Waals surface area contributed by atoms with Crippen LogP contribution in [0.15, 0.2) is 0 Å². The monoisotopic (exact) mass is 239 g/mol. The van der Waals surface area contributed by atoms with Gasteiger partial charge in [-0.2, -0.15) is 0 Å². The van der Waals surface area contributed by atoms with Gasteiger partial charge in [0.15, 0.2) is 0 Å². The van der Waals surface area contributed by atoms with Crippen molar-refractivity contribution in [2.24, 2.45) is 0 Å². The highest BCUT2D eigenvalue weighted by Gasteiger charge is 2.36. The number of rotatable bonds is 5. The summed E-state index contributed by atoms with van der Waals surface area (Å²) < 4.78 is 25.9. The Morgan fingerprint density at radius 3 is 2.36 bits per heavy atom. The van der Waals surface area contributed by atoms with E-state index in [0.29, 0.717) is 12.3 Å². The number of halogens is 1. The van der Waals surface area contributed by atoms with Gasteiger partial charge in [0.1, 0.15) is 0 Å². The summed E-state index contributed by atoms with van der Waals surface area (Å²) in [6, 6.07) is 0. The van der Waals surface area contributed by atoms with Crippen molar-refractivity contribution in [2.75, 3.05) is 11.6 Å². The van der Waals surface area contributed by atoms with Crippen LogP contribution in [0.25, 0.3) is 0 Å². The lowest BCUT2D eigenvalue weighted by molar-refractivity contribution is 0.432. The molecule has 14 heavy (non-hydrogen) atoms. The number of hydrogen-bond donors (Lipinski definition) is 1.